The number of carboxylic acid groups (broad SMARTS) is 1. The van der Waals surface area contributed by atoms with E-state index in [0.717, 1.165) is 4.90 Å². The number of benzene rings is 1. The highest BCUT2D eigenvalue weighted by molar-refractivity contribution is 5.64. The van der Waals surface area contributed by atoms with Crippen molar-refractivity contribution in [3.05, 3.63) is 23.8 Å². The van der Waals surface area contributed by atoms with Crippen LogP contribution in [0.1, 0.15) is 11.7 Å². The van der Waals surface area contributed by atoms with E-state index in [4.69, 9.17) is 10.2 Å². The van der Waals surface area contributed by atoms with Gasteiger partial charge in [-0.05, 0) is 17.7 Å². The molecule has 0 aromatic heterocycles. The molecule has 0 fully saturated rings. The minimum absolute atomic E-state index is 0.112. The van der Waals surface area contributed by atoms with Gasteiger partial charge in [0.15, 0.2) is 11.5 Å². The van der Waals surface area contributed by atoms with Gasteiger partial charge < -0.3 is 25.3 Å². The van der Waals surface area contributed by atoms with Crippen molar-refractivity contribution in [2.45, 2.75) is 6.10 Å². The molecule has 0 bridgehead atoms. The minimum Gasteiger partial charge on any atom is -0.504 e. The zero-order chi connectivity index (χ0) is 12.3. The highest BCUT2D eigenvalue weighted by atomic mass is 16.4. The van der Waals surface area contributed by atoms with E-state index in [1.807, 2.05) is 0 Å². The fourth-order valence-electron chi connectivity index (χ4n) is 1.19. The van der Waals surface area contributed by atoms with Crippen LogP contribution in [0.4, 0.5) is 4.79 Å². The molecule has 1 atom stereocenters. The van der Waals surface area contributed by atoms with Crippen molar-refractivity contribution in [3.8, 4) is 11.5 Å². The molecule has 4 N–H and O–H groups in total. The summed E-state index contributed by atoms with van der Waals surface area (Å²) in [5.74, 6) is -0.642. The summed E-state index contributed by atoms with van der Waals surface area (Å²) in [5.41, 5.74) is 0.336. The van der Waals surface area contributed by atoms with Crippen LogP contribution in [0.2, 0.25) is 0 Å². The molecule has 1 rings (SSSR count). The van der Waals surface area contributed by atoms with Gasteiger partial charge in [-0.2, -0.15) is 0 Å². The summed E-state index contributed by atoms with van der Waals surface area (Å²) in [5, 5.41) is 36.5. The Labute approximate surface area is 92.0 Å². The molecule has 88 valence electrons. The largest absolute Gasteiger partial charge is 0.504 e. The molecular formula is C10H13NO5. The Bertz CT molecular complexity index is 393. The quantitative estimate of drug-likeness (QED) is 0.570. The first-order valence-electron chi connectivity index (χ1n) is 4.56. The van der Waals surface area contributed by atoms with Gasteiger partial charge in [-0.15, -0.1) is 0 Å². The monoisotopic (exact) mass is 227 g/mol. The zero-order valence-corrected chi connectivity index (χ0v) is 8.66. The lowest BCUT2D eigenvalue weighted by Crippen LogP contribution is -2.29. The van der Waals surface area contributed by atoms with Crippen LogP contribution in [-0.2, 0) is 0 Å². The standard InChI is InChI=1S/C10H13NO5/c1-11(10(15)16)5-9(14)6-2-3-7(12)8(13)4-6/h2-4,9,12-14H,5H2,1H3,(H,15,16). The van der Waals surface area contributed by atoms with Gasteiger partial charge >= 0.3 is 6.09 Å². The number of rotatable bonds is 3. The van der Waals surface area contributed by atoms with E-state index in [1.165, 1.54) is 25.2 Å². The number of carbonyl (C=O) groups is 1. The maximum Gasteiger partial charge on any atom is 0.407 e. The lowest BCUT2D eigenvalue weighted by molar-refractivity contribution is 0.108. The van der Waals surface area contributed by atoms with Gasteiger partial charge in [0.25, 0.3) is 0 Å². The van der Waals surface area contributed by atoms with Gasteiger partial charge in [0, 0.05) is 7.05 Å². The summed E-state index contributed by atoms with van der Waals surface area (Å²) in [4.78, 5) is 11.4. The zero-order valence-electron chi connectivity index (χ0n) is 8.66. The van der Waals surface area contributed by atoms with E-state index in [-0.39, 0.29) is 18.0 Å². The van der Waals surface area contributed by atoms with E-state index in [1.54, 1.807) is 0 Å². The maximum atomic E-state index is 10.5. The van der Waals surface area contributed by atoms with Crippen molar-refractivity contribution < 1.29 is 25.2 Å². The summed E-state index contributed by atoms with van der Waals surface area (Å²) < 4.78 is 0. The maximum absolute atomic E-state index is 10.5. The van der Waals surface area contributed by atoms with E-state index < -0.39 is 12.2 Å². The summed E-state index contributed by atoms with van der Waals surface area (Å²) in [6, 6.07) is 3.83. The summed E-state index contributed by atoms with van der Waals surface area (Å²) in [6.07, 6.45) is -2.20. The number of aliphatic hydroxyl groups excluding tert-OH is 1. The molecule has 0 saturated heterocycles. The van der Waals surface area contributed by atoms with Crippen LogP contribution in [0.25, 0.3) is 0 Å². The second kappa shape index (κ2) is 4.71. The Hall–Kier alpha value is -1.95. The second-order valence-electron chi connectivity index (χ2n) is 3.43. The van der Waals surface area contributed by atoms with Gasteiger partial charge in [-0.25, -0.2) is 4.79 Å². The lowest BCUT2D eigenvalue weighted by Gasteiger charge is -2.18. The van der Waals surface area contributed by atoms with Crippen molar-refractivity contribution in [3.63, 3.8) is 0 Å². The number of hydrogen-bond acceptors (Lipinski definition) is 4. The van der Waals surface area contributed by atoms with Gasteiger partial charge in [0.05, 0.1) is 12.6 Å². The molecule has 0 heterocycles. The third-order valence-electron chi connectivity index (χ3n) is 2.16. The van der Waals surface area contributed by atoms with Crippen LogP contribution < -0.4 is 0 Å². The number of amides is 1. The molecule has 0 aliphatic heterocycles. The normalized spacial score (nSPS) is 12.1. The summed E-state index contributed by atoms with van der Waals surface area (Å²) in [6.45, 7) is -0.112. The van der Waals surface area contributed by atoms with Crippen molar-refractivity contribution >= 4 is 6.09 Å². The first-order chi connectivity index (χ1) is 7.41. The van der Waals surface area contributed by atoms with Gasteiger partial charge in [-0.1, -0.05) is 6.07 Å². The Kier molecular flexibility index (Phi) is 3.57. The molecular weight excluding hydrogens is 214 g/mol. The van der Waals surface area contributed by atoms with Crippen LogP contribution in [0, 0.1) is 0 Å². The highest BCUT2D eigenvalue weighted by Gasteiger charge is 2.15. The smallest absolute Gasteiger partial charge is 0.407 e. The predicted octanol–water partition coefficient (Wildman–Crippen LogP) is 0.741. The summed E-state index contributed by atoms with van der Waals surface area (Å²) in [7, 11) is 1.33. The third kappa shape index (κ3) is 2.77. The van der Waals surface area contributed by atoms with Crippen molar-refractivity contribution in [1.29, 1.82) is 0 Å². The number of likely N-dealkylation sites (N-methyl/N-ethyl adjacent to an activating group) is 1. The van der Waals surface area contributed by atoms with E-state index >= 15 is 0 Å². The second-order valence-corrected chi connectivity index (χ2v) is 3.43. The van der Waals surface area contributed by atoms with Crippen molar-refractivity contribution in [2.75, 3.05) is 13.6 Å². The van der Waals surface area contributed by atoms with Crippen LogP contribution in [0.15, 0.2) is 18.2 Å². The van der Waals surface area contributed by atoms with Crippen molar-refractivity contribution in [2.24, 2.45) is 0 Å². The van der Waals surface area contributed by atoms with Gasteiger partial charge in [0.2, 0.25) is 0 Å². The molecule has 6 heteroatoms. The average Bonchev–Trinajstić information content (AvgIpc) is 2.21. The number of aliphatic hydroxyl groups is 1. The van der Waals surface area contributed by atoms with E-state index in [2.05, 4.69) is 0 Å². The molecule has 6 nitrogen and oxygen atoms in total. The summed E-state index contributed by atoms with van der Waals surface area (Å²) >= 11 is 0. The number of phenols is 2. The molecule has 16 heavy (non-hydrogen) atoms. The highest BCUT2D eigenvalue weighted by Crippen LogP contribution is 2.27. The predicted molar refractivity (Wildman–Crippen MR) is 55.4 cm³/mol. The van der Waals surface area contributed by atoms with Crippen LogP contribution >= 0.6 is 0 Å². The van der Waals surface area contributed by atoms with Gasteiger partial charge in [-0.3, -0.25) is 0 Å². The Balaban J connectivity index is 2.76. The average molecular weight is 227 g/mol. The molecule has 0 aliphatic carbocycles. The Morgan fingerprint density at radius 1 is 1.38 bits per heavy atom. The first kappa shape index (κ1) is 12.1. The van der Waals surface area contributed by atoms with E-state index in [9.17, 15) is 15.0 Å². The number of hydrogen-bond donors (Lipinski definition) is 4. The number of phenolic OH excluding ortho intramolecular Hbond substituents is 2. The minimum atomic E-state index is -1.15. The lowest BCUT2D eigenvalue weighted by atomic mass is 10.1. The molecule has 1 amide bonds. The number of aromatic hydroxyl groups is 2. The fourth-order valence-corrected chi connectivity index (χ4v) is 1.19. The SMILES string of the molecule is CN(CC(O)c1ccc(O)c(O)c1)C(=O)O. The molecule has 1 unspecified atom stereocenters. The molecule has 0 spiro atoms. The van der Waals surface area contributed by atoms with Crippen LogP contribution in [0.3, 0.4) is 0 Å². The Morgan fingerprint density at radius 2 is 2.00 bits per heavy atom. The van der Waals surface area contributed by atoms with Crippen LogP contribution in [-0.4, -0.2) is 45.0 Å². The van der Waals surface area contributed by atoms with Crippen LogP contribution in [0.5, 0.6) is 11.5 Å². The van der Waals surface area contributed by atoms with E-state index in [0.29, 0.717) is 5.56 Å². The number of nitrogens with zero attached hydrogens (tertiary/aromatic N) is 1. The topological polar surface area (TPSA) is 101 Å². The molecule has 0 saturated carbocycles. The van der Waals surface area contributed by atoms with Crippen molar-refractivity contribution in [1.82, 2.24) is 4.90 Å². The molecule has 0 aliphatic rings. The van der Waals surface area contributed by atoms with Gasteiger partial charge in [0.1, 0.15) is 0 Å². The first-order valence-corrected chi connectivity index (χ1v) is 4.56. The Morgan fingerprint density at radius 3 is 2.50 bits per heavy atom. The molecule has 0 radical (unpaired) electrons. The third-order valence-corrected chi connectivity index (χ3v) is 2.16. The molecule has 1 aromatic carbocycles. The fraction of sp³-hybridized carbons (Fsp3) is 0.300. The molecule has 1 aromatic rings.